The highest BCUT2D eigenvalue weighted by atomic mass is 19.1. The van der Waals surface area contributed by atoms with Crippen LogP contribution in [0, 0.1) is 23.1 Å². The molecule has 1 aliphatic rings. The van der Waals surface area contributed by atoms with Crippen molar-refractivity contribution in [2.24, 2.45) is 11.7 Å². The Kier molecular flexibility index (Phi) is 4.65. The number of carbonyl (C=O) groups is 1. The van der Waals surface area contributed by atoms with Crippen LogP contribution in [0.1, 0.15) is 42.1 Å². The van der Waals surface area contributed by atoms with E-state index >= 15 is 0 Å². The minimum atomic E-state index is -0.728. The second kappa shape index (κ2) is 6.00. The van der Waals surface area contributed by atoms with Gasteiger partial charge in [-0.25, -0.2) is 4.39 Å². The molecule has 0 aliphatic heterocycles. The fraction of sp³-hybridized carbons (Fsp3) is 0.385. The van der Waals surface area contributed by atoms with Crippen LogP contribution < -0.4 is 5.73 Å². The fourth-order valence-electron chi connectivity index (χ4n) is 1.37. The average Bonchev–Trinajstić information content (AvgIpc) is 2.27. The van der Waals surface area contributed by atoms with E-state index in [2.05, 4.69) is 6.92 Å². The van der Waals surface area contributed by atoms with Gasteiger partial charge in [0.15, 0.2) is 0 Å². The van der Waals surface area contributed by atoms with Crippen LogP contribution in [0.3, 0.4) is 0 Å². The van der Waals surface area contributed by atoms with E-state index in [1.54, 1.807) is 6.07 Å². The maximum atomic E-state index is 12.8. The summed E-state index contributed by atoms with van der Waals surface area (Å²) in [6.45, 7) is 2.31. The molecule has 0 spiro atoms. The lowest BCUT2D eigenvalue weighted by Gasteiger charge is -2.18. The van der Waals surface area contributed by atoms with Crippen molar-refractivity contribution in [3.8, 4) is 6.07 Å². The molecule has 1 aromatic carbocycles. The van der Waals surface area contributed by atoms with Gasteiger partial charge in [0.25, 0.3) is 0 Å². The first-order valence-corrected chi connectivity index (χ1v) is 5.54. The van der Waals surface area contributed by atoms with Gasteiger partial charge < -0.3 is 5.73 Å². The van der Waals surface area contributed by atoms with Crippen LogP contribution in [-0.2, 0) is 0 Å². The number of hydrogen-bond donors (Lipinski definition) is 1. The Balaban J connectivity index is 0.000000239. The molecule has 1 saturated carbocycles. The quantitative estimate of drug-likeness (QED) is 0.811. The number of nitrogens with two attached hydrogens (primary N) is 1. The zero-order valence-electron chi connectivity index (χ0n) is 9.74. The molecular formula is C13H15FN2O. The van der Waals surface area contributed by atoms with Crippen LogP contribution in [0.5, 0.6) is 0 Å². The average molecular weight is 234 g/mol. The van der Waals surface area contributed by atoms with Crippen molar-refractivity contribution in [3.63, 3.8) is 0 Å². The summed E-state index contributed by atoms with van der Waals surface area (Å²) in [5.74, 6) is -0.373. The third kappa shape index (κ3) is 3.87. The van der Waals surface area contributed by atoms with Gasteiger partial charge in [-0.3, -0.25) is 4.79 Å². The van der Waals surface area contributed by atoms with Gasteiger partial charge in [-0.1, -0.05) is 26.2 Å². The van der Waals surface area contributed by atoms with Crippen LogP contribution in [0.4, 0.5) is 4.39 Å². The van der Waals surface area contributed by atoms with E-state index in [9.17, 15) is 9.18 Å². The molecule has 2 rings (SSSR count). The number of amides is 1. The molecule has 3 nitrogen and oxygen atoms in total. The molecular weight excluding hydrogens is 219 g/mol. The molecule has 0 saturated heterocycles. The number of nitrogens with zero attached hydrogens (tertiary/aromatic N) is 1. The number of carbonyl (C=O) groups excluding carboxylic acids is 1. The Labute approximate surface area is 100 Å². The van der Waals surface area contributed by atoms with Crippen molar-refractivity contribution in [3.05, 3.63) is 35.1 Å². The van der Waals surface area contributed by atoms with Gasteiger partial charge in [0, 0.05) is 5.56 Å². The molecule has 0 bridgehead atoms. The van der Waals surface area contributed by atoms with Gasteiger partial charge in [0.1, 0.15) is 11.9 Å². The molecule has 0 atom stereocenters. The van der Waals surface area contributed by atoms with Gasteiger partial charge in [-0.15, -0.1) is 0 Å². The third-order valence-corrected chi connectivity index (χ3v) is 2.77. The number of halogens is 1. The fourth-order valence-corrected chi connectivity index (χ4v) is 1.37. The van der Waals surface area contributed by atoms with Crippen molar-refractivity contribution in [1.82, 2.24) is 0 Å². The Morgan fingerprint density at radius 1 is 1.53 bits per heavy atom. The van der Waals surface area contributed by atoms with Crippen molar-refractivity contribution in [2.45, 2.75) is 26.2 Å². The highest BCUT2D eigenvalue weighted by molar-refractivity contribution is 5.92. The molecule has 1 amide bonds. The number of rotatable bonds is 1. The summed E-state index contributed by atoms with van der Waals surface area (Å²) < 4.78 is 12.8. The summed E-state index contributed by atoms with van der Waals surface area (Å²) in [5, 5.41) is 8.34. The maximum Gasteiger partial charge on any atom is 0.248 e. The molecule has 0 heterocycles. The van der Waals surface area contributed by atoms with Crippen molar-refractivity contribution in [2.75, 3.05) is 0 Å². The largest absolute Gasteiger partial charge is 0.366 e. The topological polar surface area (TPSA) is 66.9 Å². The summed E-state index contributed by atoms with van der Waals surface area (Å²) in [4.78, 5) is 10.5. The van der Waals surface area contributed by atoms with E-state index in [0.29, 0.717) is 0 Å². The molecule has 0 unspecified atom stereocenters. The van der Waals surface area contributed by atoms with Crippen molar-refractivity contribution >= 4 is 5.91 Å². The molecule has 0 radical (unpaired) electrons. The predicted molar refractivity (Wildman–Crippen MR) is 62.6 cm³/mol. The second-order valence-corrected chi connectivity index (χ2v) is 4.21. The number of benzene rings is 1. The van der Waals surface area contributed by atoms with Crippen LogP contribution in [0.2, 0.25) is 0 Å². The van der Waals surface area contributed by atoms with E-state index in [4.69, 9.17) is 11.0 Å². The standard InChI is InChI=1S/C8H5FN2O.C5H10/c9-7-3-5(8(11)12)1-2-6(7)4-10;1-5-3-2-4-5/h1-3H,(H2,11,12);5H,2-4H2,1H3. The molecule has 17 heavy (non-hydrogen) atoms. The Bertz CT molecular complexity index is 447. The summed E-state index contributed by atoms with van der Waals surface area (Å²) >= 11 is 0. The molecule has 4 heteroatoms. The van der Waals surface area contributed by atoms with Crippen LogP contribution >= 0.6 is 0 Å². The molecule has 1 aromatic rings. The third-order valence-electron chi connectivity index (χ3n) is 2.77. The molecule has 90 valence electrons. The van der Waals surface area contributed by atoms with Gasteiger partial charge in [0.2, 0.25) is 5.91 Å². The zero-order chi connectivity index (χ0) is 12.8. The molecule has 2 N–H and O–H groups in total. The van der Waals surface area contributed by atoms with Crippen LogP contribution in [0.25, 0.3) is 0 Å². The van der Waals surface area contributed by atoms with Gasteiger partial charge in [0.05, 0.1) is 5.56 Å². The summed E-state index contributed by atoms with van der Waals surface area (Å²) in [7, 11) is 0. The SMILES string of the molecule is CC1CCC1.N#Cc1ccc(C(N)=O)cc1F. The smallest absolute Gasteiger partial charge is 0.248 e. The van der Waals surface area contributed by atoms with E-state index in [1.165, 1.54) is 31.4 Å². The first-order chi connectivity index (χ1) is 8.04. The minimum absolute atomic E-state index is 0.0616. The van der Waals surface area contributed by atoms with Gasteiger partial charge in [-0.05, 0) is 24.1 Å². The molecule has 1 aliphatic carbocycles. The predicted octanol–water partition coefficient (Wildman–Crippen LogP) is 2.60. The molecule has 1 fully saturated rings. The number of hydrogen-bond acceptors (Lipinski definition) is 2. The number of nitriles is 1. The highest BCUT2D eigenvalue weighted by Gasteiger charge is 2.09. The van der Waals surface area contributed by atoms with Gasteiger partial charge >= 0.3 is 0 Å². The van der Waals surface area contributed by atoms with Gasteiger partial charge in [-0.2, -0.15) is 5.26 Å². The minimum Gasteiger partial charge on any atom is -0.366 e. The van der Waals surface area contributed by atoms with E-state index in [0.717, 1.165) is 12.0 Å². The van der Waals surface area contributed by atoms with Crippen molar-refractivity contribution in [1.29, 1.82) is 5.26 Å². The Hall–Kier alpha value is -1.89. The summed E-state index contributed by atoms with van der Waals surface area (Å²) in [6, 6.07) is 5.11. The summed E-state index contributed by atoms with van der Waals surface area (Å²) in [6.07, 6.45) is 4.46. The lowest BCUT2D eigenvalue weighted by atomic mass is 9.88. The monoisotopic (exact) mass is 234 g/mol. The van der Waals surface area contributed by atoms with Crippen LogP contribution in [-0.4, -0.2) is 5.91 Å². The second-order valence-electron chi connectivity index (χ2n) is 4.21. The lowest BCUT2D eigenvalue weighted by Crippen LogP contribution is -2.11. The van der Waals surface area contributed by atoms with Crippen LogP contribution in [0.15, 0.2) is 18.2 Å². The highest BCUT2D eigenvalue weighted by Crippen LogP contribution is 2.24. The number of primary amides is 1. The first-order valence-electron chi connectivity index (χ1n) is 5.54. The Morgan fingerprint density at radius 3 is 2.41 bits per heavy atom. The summed E-state index contributed by atoms with van der Waals surface area (Å²) in [5.41, 5.74) is 4.85. The first kappa shape index (κ1) is 13.2. The van der Waals surface area contributed by atoms with E-state index < -0.39 is 11.7 Å². The van der Waals surface area contributed by atoms with E-state index in [-0.39, 0.29) is 11.1 Å². The van der Waals surface area contributed by atoms with E-state index in [1.807, 2.05) is 0 Å². The van der Waals surface area contributed by atoms with Crippen molar-refractivity contribution < 1.29 is 9.18 Å². The Morgan fingerprint density at radius 2 is 2.12 bits per heavy atom. The zero-order valence-corrected chi connectivity index (χ0v) is 9.74. The maximum absolute atomic E-state index is 12.8. The normalized spacial score (nSPS) is 13.9. The lowest BCUT2D eigenvalue weighted by molar-refractivity contribution is 0.1000. The molecule has 0 aromatic heterocycles.